The molecular formula is C14H25N3O. The monoisotopic (exact) mass is 251 g/mol. The molecule has 1 saturated heterocycles. The number of aromatic nitrogens is 2. The largest absolute Gasteiger partial charge is 0.378 e. The molecule has 0 bridgehead atoms. The summed E-state index contributed by atoms with van der Waals surface area (Å²) in [5.41, 5.74) is 1.40. The van der Waals surface area contributed by atoms with Crippen LogP contribution in [0, 0.1) is 0 Å². The number of aryl methyl sites for hydroxylation is 1. The topological polar surface area (TPSA) is 39.1 Å². The first-order chi connectivity index (χ1) is 8.54. The molecule has 4 heteroatoms. The second-order valence-corrected chi connectivity index (χ2v) is 6.11. The number of rotatable bonds is 5. The van der Waals surface area contributed by atoms with Crippen molar-refractivity contribution >= 4 is 0 Å². The minimum atomic E-state index is 0.143. The van der Waals surface area contributed by atoms with Crippen molar-refractivity contribution in [1.82, 2.24) is 14.9 Å². The van der Waals surface area contributed by atoms with Crippen LogP contribution in [0.25, 0.3) is 0 Å². The van der Waals surface area contributed by atoms with E-state index in [2.05, 4.69) is 35.6 Å². The Kier molecular flexibility index (Phi) is 4.40. The number of nitrogens with one attached hydrogen (secondary N) is 1. The fraction of sp³-hybridized carbons (Fsp3) is 0.786. The zero-order chi connectivity index (χ0) is 13.0. The lowest BCUT2D eigenvalue weighted by Crippen LogP contribution is -2.35. The highest BCUT2D eigenvalue weighted by molar-refractivity contribution is 4.99. The van der Waals surface area contributed by atoms with E-state index in [1.807, 2.05) is 12.5 Å². The van der Waals surface area contributed by atoms with E-state index in [9.17, 15) is 0 Å². The zero-order valence-electron chi connectivity index (χ0n) is 11.8. The Labute approximate surface area is 110 Å². The molecule has 1 aliphatic heterocycles. The first-order valence-electron chi connectivity index (χ1n) is 6.90. The molecule has 1 unspecified atom stereocenters. The summed E-state index contributed by atoms with van der Waals surface area (Å²) >= 11 is 0. The summed E-state index contributed by atoms with van der Waals surface area (Å²) in [6, 6.07) is 0. The van der Waals surface area contributed by atoms with E-state index in [1.54, 1.807) is 0 Å². The average molecular weight is 251 g/mol. The zero-order valence-corrected chi connectivity index (χ0v) is 11.8. The van der Waals surface area contributed by atoms with Crippen LogP contribution >= 0.6 is 0 Å². The maximum Gasteiger partial charge on any atom is 0.0948 e. The summed E-state index contributed by atoms with van der Waals surface area (Å²) in [5.74, 6) is 0. The minimum Gasteiger partial charge on any atom is -0.378 e. The molecule has 0 amide bonds. The van der Waals surface area contributed by atoms with E-state index < -0.39 is 0 Å². The molecule has 0 spiro atoms. The molecular weight excluding hydrogens is 226 g/mol. The number of hydrogen-bond donors (Lipinski definition) is 1. The molecule has 1 fully saturated rings. The Balaban J connectivity index is 1.83. The Morgan fingerprint density at radius 2 is 2.33 bits per heavy atom. The molecule has 0 saturated carbocycles. The van der Waals surface area contributed by atoms with Gasteiger partial charge in [0.15, 0.2) is 0 Å². The van der Waals surface area contributed by atoms with Crippen LogP contribution in [-0.4, -0.2) is 27.8 Å². The lowest BCUT2D eigenvalue weighted by Gasteiger charge is -2.21. The second-order valence-electron chi connectivity index (χ2n) is 6.11. The standard InChI is InChI=1S/C14H25N3O/c1-14(2,3)16-10-12-9-15-11-17(12)7-6-13-5-4-8-18-13/h9,11,13,16H,4-8,10H2,1-3H3. The number of hydrogen-bond acceptors (Lipinski definition) is 3. The van der Waals surface area contributed by atoms with Crippen LogP contribution in [0.3, 0.4) is 0 Å². The van der Waals surface area contributed by atoms with Crippen molar-refractivity contribution in [3.63, 3.8) is 0 Å². The summed E-state index contributed by atoms with van der Waals surface area (Å²) < 4.78 is 7.89. The molecule has 4 nitrogen and oxygen atoms in total. The van der Waals surface area contributed by atoms with Crippen LogP contribution in [0.2, 0.25) is 0 Å². The Morgan fingerprint density at radius 1 is 1.50 bits per heavy atom. The van der Waals surface area contributed by atoms with Gasteiger partial charge in [-0.3, -0.25) is 0 Å². The summed E-state index contributed by atoms with van der Waals surface area (Å²) in [7, 11) is 0. The molecule has 0 aliphatic carbocycles. The van der Waals surface area contributed by atoms with Crippen molar-refractivity contribution in [2.75, 3.05) is 6.61 Å². The third-order valence-corrected chi connectivity index (χ3v) is 3.31. The molecule has 1 aromatic rings. The first kappa shape index (κ1) is 13.6. The van der Waals surface area contributed by atoms with Crippen LogP contribution in [0.1, 0.15) is 45.7 Å². The van der Waals surface area contributed by atoms with E-state index in [-0.39, 0.29) is 5.54 Å². The van der Waals surface area contributed by atoms with Crippen LogP contribution in [0.5, 0.6) is 0 Å². The molecule has 2 rings (SSSR count). The van der Waals surface area contributed by atoms with Gasteiger partial charge in [0.25, 0.3) is 0 Å². The van der Waals surface area contributed by atoms with Crippen molar-refractivity contribution < 1.29 is 4.74 Å². The molecule has 2 heterocycles. The fourth-order valence-corrected chi connectivity index (χ4v) is 2.21. The molecule has 0 aromatic carbocycles. The van der Waals surface area contributed by atoms with Gasteiger partial charge >= 0.3 is 0 Å². The highest BCUT2D eigenvalue weighted by Crippen LogP contribution is 2.16. The minimum absolute atomic E-state index is 0.143. The van der Waals surface area contributed by atoms with Crippen LogP contribution in [-0.2, 0) is 17.8 Å². The maximum absolute atomic E-state index is 5.66. The van der Waals surface area contributed by atoms with E-state index >= 15 is 0 Å². The van der Waals surface area contributed by atoms with Gasteiger partial charge in [-0.05, 0) is 40.0 Å². The molecule has 18 heavy (non-hydrogen) atoms. The first-order valence-corrected chi connectivity index (χ1v) is 6.90. The fourth-order valence-electron chi connectivity index (χ4n) is 2.21. The summed E-state index contributed by atoms with van der Waals surface area (Å²) in [4.78, 5) is 4.25. The van der Waals surface area contributed by atoms with E-state index in [4.69, 9.17) is 4.74 Å². The van der Waals surface area contributed by atoms with Gasteiger partial charge < -0.3 is 14.6 Å². The highest BCUT2D eigenvalue weighted by Gasteiger charge is 2.16. The van der Waals surface area contributed by atoms with Gasteiger partial charge in [-0.2, -0.15) is 0 Å². The Morgan fingerprint density at radius 3 is 3.00 bits per heavy atom. The van der Waals surface area contributed by atoms with Gasteiger partial charge in [0, 0.05) is 31.4 Å². The maximum atomic E-state index is 5.66. The van der Waals surface area contributed by atoms with Gasteiger partial charge in [-0.25, -0.2) is 4.98 Å². The second kappa shape index (κ2) is 5.85. The van der Waals surface area contributed by atoms with Crippen molar-refractivity contribution in [3.8, 4) is 0 Å². The van der Waals surface area contributed by atoms with E-state index in [1.165, 1.54) is 18.5 Å². The molecule has 0 radical (unpaired) electrons. The molecule has 1 atom stereocenters. The third kappa shape index (κ3) is 4.10. The molecule has 1 aromatic heterocycles. The van der Waals surface area contributed by atoms with Crippen molar-refractivity contribution in [2.45, 2.75) is 64.8 Å². The smallest absolute Gasteiger partial charge is 0.0948 e. The van der Waals surface area contributed by atoms with Crippen LogP contribution in [0.15, 0.2) is 12.5 Å². The van der Waals surface area contributed by atoms with Gasteiger partial charge in [0.2, 0.25) is 0 Å². The van der Waals surface area contributed by atoms with Crippen molar-refractivity contribution in [3.05, 3.63) is 18.2 Å². The molecule has 1 aliphatic rings. The molecule has 102 valence electrons. The van der Waals surface area contributed by atoms with Crippen molar-refractivity contribution in [1.29, 1.82) is 0 Å². The normalized spacial score (nSPS) is 20.5. The number of ether oxygens (including phenoxy) is 1. The van der Waals surface area contributed by atoms with E-state index in [0.29, 0.717) is 6.10 Å². The predicted octanol–water partition coefficient (Wildman–Crippen LogP) is 2.34. The van der Waals surface area contributed by atoms with Crippen LogP contribution < -0.4 is 5.32 Å². The van der Waals surface area contributed by atoms with Gasteiger partial charge in [-0.1, -0.05) is 0 Å². The molecule has 1 N–H and O–H groups in total. The highest BCUT2D eigenvalue weighted by atomic mass is 16.5. The number of nitrogens with zero attached hydrogens (tertiary/aromatic N) is 2. The lowest BCUT2D eigenvalue weighted by atomic mass is 10.1. The Bertz CT molecular complexity index is 361. The third-order valence-electron chi connectivity index (χ3n) is 3.31. The summed E-state index contributed by atoms with van der Waals surface area (Å²) in [6.45, 7) is 9.36. The summed E-state index contributed by atoms with van der Waals surface area (Å²) in [6.07, 6.45) is 7.86. The quantitative estimate of drug-likeness (QED) is 0.873. The van der Waals surface area contributed by atoms with Gasteiger partial charge in [0.1, 0.15) is 0 Å². The average Bonchev–Trinajstić information content (AvgIpc) is 2.94. The van der Waals surface area contributed by atoms with E-state index in [0.717, 1.165) is 26.1 Å². The van der Waals surface area contributed by atoms with Gasteiger partial charge in [-0.15, -0.1) is 0 Å². The SMILES string of the molecule is CC(C)(C)NCc1cncn1CCC1CCCO1. The van der Waals surface area contributed by atoms with Crippen molar-refractivity contribution in [2.24, 2.45) is 0 Å². The number of imidazole rings is 1. The predicted molar refractivity (Wildman–Crippen MR) is 72.4 cm³/mol. The summed E-state index contributed by atoms with van der Waals surface area (Å²) in [5, 5.41) is 3.50. The lowest BCUT2D eigenvalue weighted by molar-refractivity contribution is 0.100. The van der Waals surface area contributed by atoms with Gasteiger partial charge in [0.05, 0.1) is 18.1 Å². The van der Waals surface area contributed by atoms with Crippen LogP contribution in [0.4, 0.5) is 0 Å². The Hall–Kier alpha value is -0.870.